The molecule has 0 bridgehead atoms. The molecule has 1 aromatic carbocycles. The van der Waals surface area contributed by atoms with Gasteiger partial charge in [-0.3, -0.25) is 4.79 Å². The Balaban J connectivity index is 2.00. The lowest BCUT2D eigenvalue weighted by Crippen LogP contribution is -2.52. The number of benzene rings is 1. The summed E-state index contributed by atoms with van der Waals surface area (Å²) in [6, 6.07) is 7.00. The standard InChI is InChI=1S/C14H18N2O3/c15-11-5-3-10(4-6-11)9-12(17)16-14(13(18)19)7-1-2-8-14/h3-6H,1-2,7-9,15H2,(H,16,17)(H,18,19). The summed E-state index contributed by atoms with van der Waals surface area (Å²) >= 11 is 0. The summed E-state index contributed by atoms with van der Waals surface area (Å²) in [6.45, 7) is 0. The van der Waals surface area contributed by atoms with Gasteiger partial charge in [0.1, 0.15) is 5.54 Å². The summed E-state index contributed by atoms with van der Waals surface area (Å²) < 4.78 is 0. The van der Waals surface area contributed by atoms with Gasteiger partial charge in [-0.25, -0.2) is 4.79 Å². The fourth-order valence-corrected chi connectivity index (χ4v) is 2.50. The maximum absolute atomic E-state index is 12.0. The molecule has 0 aromatic heterocycles. The summed E-state index contributed by atoms with van der Waals surface area (Å²) in [4.78, 5) is 23.3. The van der Waals surface area contributed by atoms with Crippen molar-refractivity contribution in [2.75, 3.05) is 5.73 Å². The van der Waals surface area contributed by atoms with E-state index >= 15 is 0 Å². The maximum atomic E-state index is 12.0. The van der Waals surface area contributed by atoms with Crippen molar-refractivity contribution in [3.05, 3.63) is 29.8 Å². The number of carbonyl (C=O) groups is 2. The fraction of sp³-hybridized carbons (Fsp3) is 0.429. The number of nitrogens with two attached hydrogens (primary N) is 1. The highest BCUT2D eigenvalue weighted by molar-refractivity contribution is 5.88. The number of carbonyl (C=O) groups excluding carboxylic acids is 1. The monoisotopic (exact) mass is 262 g/mol. The number of rotatable bonds is 4. The van der Waals surface area contributed by atoms with E-state index in [0.717, 1.165) is 18.4 Å². The third-order valence-electron chi connectivity index (χ3n) is 3.59. The normalized spacial score (nSPS) is 17.1. The first-order chi connectivity index (χ1) is 9.02. The van der Waals surface area contributed by atoms with Gasteiger partial charge in [-0.2, -0.15) is 0 Å². The molecule has 5 heteroatoms. The van der Waals surface area contributed by atoms with E-state index in [-0.39, 0.29) is 12.3 Å². The van der Waals surface area contributed by atoms with Crippen molar-refractivity contribution in [2.24, 2.45) is 0 Å². The topological polar surface area (TPSA) is 92.4 Å². The number of carboxylic acids is 1. The minimum absolute atomic E-state index is 0.176. The average molecular weight is 262 g/mol. The van der Waals surface area contributed by atoms with Crippen LogP contribution in [0, 0.1) is 0 Å². The van der Waals surface area contributed by atoms with Crippen molar-refractivity contribution in [3.63, 3.8) is 0 Å². The molecule has 0 radical (unpaired) electrons. The van der Waals surface area contributed by atoms with Crippen LogP contribution >= 0.6 is 0 Å². The maximum Gasteiger partial charge on any atom is 0.329 e. The van der Waals surface area contributed by atoms with Crippen LogP contribution in [0.4, 0.5) is 5.69 Å². The molecule has 1 aromatic rings. The van der Waals surface area contributed by atoms with Crippen molar-refractivity contribution >= 4 is 17.6 Å². The second-order valence-electron chi connectivity index (χ2n) is 5.06. The first-order valence-corrected chi connectivity index (χ1v) is 6.41. The van der Waals surface area contributed by atoms with E-state index in [4.69, 9.17) is 5.73 Å². The molecule has 2 rings (SSSR count). The van der Waals surface area contributed by atoms with Gasteiger partial charge in [0, 0.05) is 5.69 Å². The minimum Gasteiger partial charge on any atom is -0.480 e. The van der Waals surface area contributed by atoms with Gasteiger partial charge >= 0.3 is 5.97 Å². The van der Waals surface area contributed by atoms with Crippen LogP contribution in [0.3, 0.4) is 0 Å². The molecular formula is C14H18N2O3. The van der Waals surface area contributed by atoms with E-state index in [1.54, 1.807) is 24.3 Å². The zero-order chi connectivity index (χ0) is 13.9. The van der Waals surface area contributed by atoms with Gasteiger partial charge in [0.2, 0.25) is 5.91 Å². The van der Waals surface area contributed by atoms with E-state index in [1.165, 1.54) is 0 Å². The number of anilines is 1. The molecule has 1 fully saturated rings. The smallest absolute Gasteiger partial charge is 0.329 e. The van der Waals surface area contributed by atoms with Crippen LogP contribution in [0.25, 0.3) is 0 Å². The first kappa shape index (κ1) is 13.4. The van der Waals surface area contributed by atoms with Crippen molar-refractivity contribution in [3.8, 4) is 0 Å². The number of nitrogens with one attached hydrogen (secondary N) is 1. The van der Waals surface area contributed by atoms with Gasteiger partial charge in [0.15, 0.2) is 0 Å². The molecule has 1 aliphatic rings. The van der Waals surface area contributed by atoms with Crippen molar-refractivity contribution < 1.29 is 14.7 Å². The molecule has 0 unspecified atom stereocenters. The van der Waals surface area contributed by atoms with Crippen LogP contribution < -0.4 is 11.1 Å². The predicted octanol–water partition coefficient (Wildman–Crippen LogP) is 1.32. The van der Waals surface area contributed by atoms with Crippen LogP contribution in [-0.4, -0.2) is 22.5 Å². The van der Waals surface area contributed by atoms with E-state index in [0.29, 0.717) is 18.5 Å². The molecule has 1 amide bonds. The Labute approximate surface area is 111 Å². The molecule has 0 heterocycles. The third-order valence-corrected chi connectivity index (χ3v) is 3.59. The van der Waals surface area contributed by atoms with Gasteiger partial charge < -0.3 is 16.2 Å². The Morgan fingerprint density at radius 1 is 1.21 bits per heavy atom. The number of aliphatic carboxylic acids is 1. The van der Waals surface area contributed by atoms with E-state index in [9.17, 15) is 14.7 Å². The Morgan fingerprint density at radius 3 is 2.32 bits per heavy atom. The molecule has 19 heavy (non-hydrogen) atoms. The van der Waals surface area contributed by atoms with Gasteiger partial charge in [-0.1, -0.05) is 25.0 Å². The second kappa shape index (κ2) is 5.30. The zero-order valence-electron chi connectivity index (χ0n) is 10.7. The van der Waals surface area contributed by atoms with Gasteiger partial charge in [-0.15, -0.1) is 0 Å². The lowest BCUT2D eigenvalue weighted by atomic mass is 9.97. The summed E-state index contributed by atoms with van der Waals surface area (Å²) in [5.41, 5.74) is 5.97. The highest BCUT2D eigenvalue weighted by Gasteiger charge is 2.42. The summed E-state index contributed by atoms with van der Waals surface area (Å²) in [5, 5.41) is 12.0. The van der Waals surface area contributed by atoms with Crippen LogP contribution in [-0.2, 0) is 16.0 Å². The van der Waals surface area contributed by atoms with Crippen LogP contribution in [0.2, 0.25) is 0 Å². The Hall–Kier alpha value is -2.04. The molecule has 1 aliphatic carbocycles. The molecule has 0 spiro atoms. The molecule has 0 saturated heterocycles. The number of nitrogen functional groups attached to an aromatic ring is 1. The Morgan fingerprint density at radius 2 is 1.79 bits per heavy atom. The quantitative estimate of drug-likeness (QED) is 0.714. The number of hydrogen-bond acceptors (Lipinski definition) is 3. The summed E-state index contributed by atoms with van der Waals surface area (Å²) in [5.74, 6) is -1.19. The molecule has 5 nitrogen and oxygen atoms in total. The van der Waals surface area contributed by atoms with Crippen molar-refractivity contribution in [1.29, 1.82) is 0 Å². The molecule has 1 saturated carbocycles. The van der Waals surface area contributed by atoms with Gasteiger partial charge in [0.25, 0.3) is 0 Å². The largest absolute Gasteiger partial charge is 0.480 e. The Bertz CT molecular complexity index is 476. The van der Waals surface area contributed by atoms with Crippen LogP contribution in [0.15, 0.2) is 24.3 Å². The van der Waals surface area contributed by atoms with Gasteiger partial charge in [0.05, 0.1) is 6.42 Å². The van der Waals surface area contributed by atoms with E-state index in [2.05, 4.69) is 5.32 Å². The lowest BCUT2D eigenvalue weighted by Gasteiger charge is -2.25. The third kappa shape index (κ3) is 3.05. The number of carboxylic acid groups (broad SMARTS) is 1. The molecule has 0 atom stereocenters. The average Bonchev–Trinajstić information content (AvgIpc) is 2.82. The molecule has 102 valence electrons. The number of amides is 1. The summed E-state index contributed by atoms with van der Waals surface area (Å²) in [6.07, 6.45) is 2.88. The predicted molar refractivity (Wildman–Crippen MR) is 71.5 cm³/mol. The van der Waals surface area contributed by atoms with Crippen molar-refractivity contribution in [2.45, 2.75) is 37.6 Å². The molecule has 4 N–H and O–H groups in total. The molecular weight excluding hydrogens is 244 g/mol. The lowest BCUT2D eigenvalue weighted by molar-refractivity contribution is -0.147. The SMILES string of the molecule is Nc1ccc(CC(=O)NC2(C(=O)O)CCCC2)cc1. The van der Waals surface area contributed by atoms with E-state index < -0.39 is 11.5 Å². The second-order valence-corrected chi connectivity index (χ2v) is 5.06. The zero-order valence-corrected chi connectivity index (χ0v) is 10.7. The Kier molecular flexibility index (Phi) is 3.74. The van der Waals surface area contributed by atoms with E-state index in [1.807, 2.05) is 0 Å². The first-order valence-electron chi connectivity index (χ1n) is 6.41. The van der Waals surface area contributed by atoms with Crippen molar-refractivity contribution in [1.82, 2.24) is 5.32 Å². The fourth-order valence-electron chi connectivity index (χ4n) is 2.50. The molecule has 0 aliphatic heterocycles. The number of hydrogen-bond donors (Lipinski definition) is 3. The highest BCUT2D eigenvalue weighted by Crippen LogP contribution is 2.30. The van der Waals surface area contributed by atoms with Crippen LogP contribution in [0.5, 0.6) is 0 Å². The summed E-state index contributed by atoms with van der Waals surface area (Å²) in [7, 11) is 0. The van der Waals surface area contributed by atoms with Gasteiger partial charge in [-0.05, 0) is 30.5 Å². The highest BCUT2D eigenvalue weighted by atomic mass is 16.4. The van der Waals surface area contributed by atoms with Crippen LogP contribution in [0.1, 0.15) is 31.2 Å². The minimum atomic E-state index is -1.06.